The van der Waals surface area contributed by atoms with Crippen molar-refractivity contribution < 1.29 is 13.3 Å². The molecule has 0 unspecified atom stereocenters. The first kappa shape index (κ1) is 18.8. The molecule has 0 radical (unpaired) electrons. The minimum atomic E-state index is -3.32. The number of fused-ring (bicyclic) bond motifs is 1. The van der Waals surface area contributed by atoms with Crippen molar-refractivity contribution in [3.8, 4) is 0 Å². The van der Waals surface area contributed by atoms with Crippen LogP contribution in [0.4, 0.5) is 0 Å². The van der Waals surface area contributed by atoms with Crippen LogP contribution in [-0.4, -0.2) is 48.7 Å². The number of piperazine rings is 1. The van der Waals surface area contributed by atoms with E-state index in [1.54, 1.807) is 10.4 Å². The van der Waals surface area contributed by atoms with E-state index in [0.717, 1.165) is 11.1 Å². The van der Waals surface area contributed by atoms with E-state index >= 15 is 0 Å². The molecular formula is C20H23N4O3S+. The molecule has 146 valence electrons. The van der Waals surface area contributed by atoms with Crippen molar-refractivity contribution in [1.29, 1.82) is 0 Å². The molecule has 0 bridgehead atoms. The first-order chi connectivity index (χ1) is 13.5. The highest BCUT2D eigenvalue weighted by molar-refractivity contribution is 7.88. The highest BCUT2D eigenvalue weighted by atomic mass is 32.2. The molecule has 3 aromatic rings. The Kier molecular flexibility index (Phi) is 5.25. The molecule has 7 nitrogen and oxygen atoms in total. The molecule has 4 rings (SSSR count). The van der Waals surface area contributed by atoms with E-state index in [1.807, 2.05) is 53.2 Å². The van der Waals surface area contributed by atoms with Crippen LogP contribution in [0.1, 0.15) is 5.56 Å². The number of sulfonamides is 1. The molecular weight excluding hydrogens is 376 g/mol. The number of rotatable bonds is 5. The van der Waals surface area contributed by atoms with Crippen LogP contribution in [0.15, 0.2) is 65.6 Å². The molecule has 0 amide bonds. The molecule has 1 saturated heterocycles. The number of aromatic nitrogens is 2. The molecule has 1 fully saturated rings. The Morgan fingerprint density at radius 3 is 2.39 bits per heavy atom. The van der Waals surface area contributed by atoms with Gasteiger partial charge in [-0.3, -0.25) is 4.79 Å². The lowest BCUT2D eigenvalue weighted by atomic mass is 10.2. The van der Waals surface area contributed by atoms with Gasteiger partial charge in [-0.1, -0.05) is 42.5 Å². The van der Waals surface area contributed by atoms with E-state index in [9.17, 15) is 13.2 Å². The Morgan fingerprint density at radius 2 is 1.64 bits per heavy atom. The lowest BCUT2D eigenvalue weighted by Crippen LogP contribution is -3.14. The number of hydrogen-bond donors (Lipinski definition) is 1. The third kappa shape index (κ3) is 3.99. The van der Waals surface area contributed by atoms with Crippen molar-refractivity contribution >= 4 is 20.9 Å². The number of nitrogens with zero attached hydrogens (tertiary/aromatic N) is 3. The summed E-state index contributed by atoms with van der Waals surface area (Å²) in [5, 5.41) is 4.93. The maximum absolute atomic E-state index is 12.7. The zero-order valence-electron chi connectivity index (χ0n) is 15.5. The van der Waals surface area contributed by atoms with Crippen molar-refractivity contribution in [1.82, 2.24) is 14.1 Å². The first-order valence-electron chi connectivity index (χ1n) is 9.33. The second kappa shape index (κ2) is 7.83. The highest BCUT2D eigenvalue weighted by Gasteiger charge is 2.29. The topological polar surface area (TPSA) is 76.7 Å². The van der Waals surface area contributed by atoms with Crippen LogP contribution < -0.4 is 10.3 Å². The van der Waals surface area contributed by atoms with Gasteiger partial charge < -0.3 is 4.90 Å². The summed E-state index contributed by atoms with van der Waals surface area (Å²) in [7, 11) is -3.32. The van der Waals surface area contributed by atoms with Crippen molar-refractivity contribution in [2.45, 2.75) is 12.4 Å². The largest absolute Gasteiger partial charge is 0.314 e. The van der Waals surface area contributed by atoms with E-state index < -0.39 is 10.0 Å². The maximum atomic E-state index is 12.7. The number of para-hydroxylation sites is 1. The zero-order valence-corrected chi connectivity index (χ0v) is 16.3. The number of quaternary nitrogens is 1. The van der Waals surface area contributed by atoms with E-state index in [2.05, 4.69) is 5.10 Å². The van der Waals surface area contributed by atoms with Gasteiger partial charge in [0.15, 0.2) is 6.67 Å². The summed E-state index contributed by atoms with van der Waals surface area (Å²) >= 11 is 0. The van der Waals surface area contributed by atoms with Crippen LogP contribution in [0.2, 0.25) is 0 Å². The van der Waals surface area contributed by atoms with E-state index in [0.29, 0.717) is 38.2 Å². The average Bonchev–Trinajstić information content (AvgIpc) is 2.71. The Bertz CT molecular complexity index is 1120. The molecule has 1 N–H and O–H groups in total. The third-order valence-electron chi connectivity index (χ3n) is 5.15. The summed E-state index contributed by atoms with van der Waals surface area (Å²) in [6, 6.07) is 16.7. The number of benzene rings is 2. The molecule has 28 heavy (non-hydrogen) atoms. The summed E-state index contributed by atoms with van der Waals surface area (Å²) in [5.41, 5.74) is 1.53. The predicted octanol–water partition coefficient (Wildman–Crippen LogP) is 0.0845. The van der Waals surface area contributed by atoms with Gasteiger partial charge in [0.2, 0.25) is 15.5 Å². The Labute approximate surface area is 163 Å². The van der Waals surface area contributed by atoms with Gasteiger partial charge in [0.25, 0.3) is 0 Å². The Balaban J connectivity index is 1.42. The lowest BCUT2D eigenvalue weighted by Gasteiger charge is -2.31. The maximum Gasteiger partial charge on any atom is 0.218 e. The smallest absolute Gasteiger partial charge is 0.218 e. The normalized spacial score (nSPS) is 16.4. The zero-order chi connectivity index (χ0) is 19.6. The van der Waals surface area contributed by atoms with Crippen LogP contribution in [0, 0.1) is 0 Å². The number of nitrogens with one attached hydrogen (secondary N) is 1. The fraction of sp³-hybridized carbons (Fsp3) is 0.300. The summed E-state index contributed by atoms with van der Waals surface area (Å²) < 4.78 is 28.8. The molecule has 0 spiro atoms. The van der Waals surface area contributed by atoms with Crippen LogP contribution in [0.5, 0.6) is 0 Å². The van der Waals surface area contributed by atoms with Gasteiger partial charge >= 0.3 is 0 Å². The second-order valence-electron chi connectivity index (χ2n) is 7.07. The van der Waals surface area contributed by atoms with Crippen molar-refractivity contribution in [3.63, 3.8) is 0 Å². The summed E-state index contributed by atoms with van der Waals surface area (Å²) in [6.45, 7) is 2.99. The van der Waals surface area contributed by atoms with Gasteiger partial charge in [-0.05, 0) is 17.7 Å². The first-order valence-corrected chi connectivity index (χ1v) is 10.9. The fourth-order valence-electron chi connectivity index (χ4n) is 3.61. The van der Waals surface area contributed by atoms with E-state index in [1.165, 1.54) is 11.1 Å². The van der Waals surface area contributed by atoms with Crippen molar-refractivity contribution in [3.05, 3.63) is 76.6 Å². The van der Waals surface area contributed by atoms with Gasteiger partial charge in [0.05, 0.1) is 43.6 Å². The fourth-order valence-corrected chi connectivity index (χ4v) is 5.15. The highest BCUT2D eigenvalue weighted by Crippen LogP contribution is 2.11. The number of hydrogen-bond acceptors (Lipinski definition) is 4. The van der Waals surface area contributed by atoms with Gasteiger partial charge in [-0.15, -0.1) is 0 Å². The van der Waals surface area contributed by atoms with Crippen LogP contribution in [0.3, 0.4) is 0 Å². The van der Waals surface area contributed by atoms with Crippen LogP contribution in [-0.2, 0) is 22.4 Å². The van der Waals surface area contributed by atoms with Crippen molar-refractivity contribution in [2.75, 3.05) is 26.2 Å². The third-order valence-corrected chi connectivity index (χ3v) is 7.00. The molecule has 2 aromatic carbocycles. The van der Waals surface area contributed by atoms with E-state index in [-0.39, 0.29) is 11.2 Å². The Hall–Kier alpha value is -2.55. The molecule has 8 heteroatoms. The SMILES string of the molecule is O=c1cnn(C[NH+]2CCN(S(=O)(=O)Cc3ccccc3)CC2)c2ccccc12. The monoisotopic (exact) mass is 399 g/mol. The van der Waals surface area contributed by atoms with Gasteiger partial charge in [-0.2, -0.15) is 9.40 Å². The minimum absolute atomic E-state index is 0.0368. The minimum Gasteiger partial charge on any atom is -0.314 e. The van der Waals surface area contributed by atoms with Crippen LogP contribution in [0.25, 0.3) is 10.9 Å². The molecule has 0 saturated carbocycles. The van der Waals surface area contributed by atoms with Gasteiger partial charge in [0.1, 0.15) is 0 Å². The molecule has 1 aromatic heterocycles. The van der Waals surface area contributed by atoms with Crippen LogP contribution >= 0.6 is 0 Å². The predicted molar refractivity (Wildman–Crippen MR) is 107 cm³/mol. The van der Waals surface area contributed by atoms with E-state index in [4.69, 9.17) is 0 Å². The van der Waals surface area contributed by atoms with Gasteiger partial charge in [0, 0.05) is 5.39 Å². The summed E-state index contributed by atoms with van der Waals surface area (Å²) in [6.07, 6.45) is 1.35. The molecule has 2 heterocycles. The quantitative estimate of drug-likeness (QED) is 0.660. The molecule has 0 atom stereocenters. The second-order valence-corrected chi connectivity index (χ2v) is 9.04. The standard InChI is InChI=1S/C20H22N4O3S/c25-20-14-21-24(19-9-5-4-8-18(19)20)16-22-10-12-23(13-11-22)28(26,27)15-17-6-2-1-3-7-17/h1-9,14H,10-13,15-16H2/p+1. The van der Waals surface area contributed by atoms with Crippen molar-refractivity contribution in [2.24, 2.45) is 0 Å². The Morgan fingerprint density at radius 1 is 0.964 bits per heavy atom. The molecule has 0 aliphatic carbocycles. The molecule has 1 aliphatic heterocycles. The summed E-state index contributed by atoms with van der Waals surface area (Å²) in [5.74, 6) is 0.0368. The lowest BCUT2D eigenvalue weighted by molar-refractivity contribution is -0.926. The van der Waals surface area contributed by atoms with Gasteiger partial charge in [-0.25, -0.2) is 13.1 Å². The average molecular weight is 399 g/mol. The molecule has 1 aliphatic rings. The summed E-state index contributed by atoms with van der Waals surface area (Å²) in [4.78, 5) is 13.2.